The quantitative estimate of drug-likeness (QED) is 0.366. The third kappa shape index (κ3) is 4.36. The maximum Gasteiger partial charge on any atom is 0.152 e. The third-order valence-electron chi connectivity index (χ3n) is 5.19. The second kappa shape index (κ2) is 8.63. The van der Waals surface area contributed by atoms with Crippen LogP contribution in [0.2, 0.25) is 10.0 Å². The molecule has 1 aliphatic rings. The highest BCUT2D eigenvalue weighted by molar-refractivity contribution is 6.39. The predicted octanol–water partition coefficient (Wildman–Crippen LogP) is 4.42. The summed E-state index contributed by atoms with van der Waals surface area (Å²) in [6, 6.07) is 9.67. The summed E-state index contributed by atoms with van der Waals surface area (Å²) in [4.78, 5) is 15.7. The number of fused-ring (bicyclic) bond motifs is 1. The molecule has 1 aliphatic heterocycles. The number of pyridine rings is 2. The first-order valence-electron chi connectivity index (χ1n) is 9.42. The molecule has 0 saturated carbocycles. The van der Waals surface area contributed by atoms with Gasteiger partial charge in [-0.2, -0.15) is 0 Å². The van der Waals surface area contributed by atoms with Gasteiger partial charge < -0.3 is 4.90 Å². The minimum atomic E-state index is 0.206. The Morgan fingerprint density at radius 1 is 1.14 bits per heavy atom. The monoisotopic (exact) mass is 429 g/mol. The Bertz CT molecular complexity index is 1050. The summed E-state index contributed by atoms with van der Waals surface area (Å²) >= 11 is 12.6. The zero-order valence-corrected chi connectivity index (χ0v) is 17.5. The number of aromatic nitrogens is 2. The number of halogens is 2. The van der Waals surface area contributed by atoms with Crippen LogP contribution < -0.4 is 5.48 Å². The number of aliphatic imine (C=N–C) groups is 1. The molecule has 0 bridgehead atoms. The van der Waals surface area contributed by atoms with Gasteiger partial charge in [0.2, 0.25) is 0 Å². The molecule has 150 valence electrons. The van der Waals surface area contributed by atoms with Gasteiger partial charge in [-0.05, 0) is 39.0 Å². The molecule has 0 aliphatic carbocycles. The summed E-state index contributed by atoms with van der Waals surface area (Å²) in [5, 5.41) is 11.3. The lowest BCUT2D eigenvalue weighted by molar-refractivity contribution is 0.230. The summed E-state index contributed by atoms with van der Waals surface area (Å²) in [6.07, 6.45) is 5.17. The van der Waals surface area contributed by atoms with E-state index in [1.165, 1.54) is 0 Å². The maximum absolute atomic E-state index is 9.59. The minimum Gasteiger partial charge on any atom is -0.306 e. The van der Waals surface area contributed by atoms with Crippen LogP contribution in [0.4, 0.5) is 0 Å². The van der Waals surface area contributed by atoms with Crippen LogP contribution in [-0.4, -0.2) is 52.1 Å². The first-order chi connectivity index (χ1) is 14.0. The number of nitrogens with zero attached hydrogens (tertiary/aromatic N) is 4. The van der Waals surface area contributed by atoms with Crippen molar-refractivity contribution in [2.24, 2.45) is 4.99 Å². The summed E-state index contributed by atoms with van der Waals surface area (Å²) in [5.41, 5.74) is 5.29. The average molecular weight is 430 g/mol. The minimum absolute atomic E-state index is 0.206. The molecule has 0 unspecified atom stereocenters. The molecular formula is C21H21Cl2N5O. The van der Waals surface area contributed by atoms with Gasteiger partial charge in [0.1, 0.15) is 0 Å². The lowest BCUT2D eigenvalue weighted by Crippen LogP contribution is -2.33. The number of rotatable bonds is 3. The lowest BCUT2D eigenvalue weighted by atomic mass is 10.0. The highest BCUT2D eigenvalue weighted by atomic mass is 35.5. The SMILES string of the molecule is CN1CCC(N=C(NO)c2ccc(-c3cc(Cl)c4cncc(Cl)c4n3)cc2)CC1. The molecule has 0 spiro atoms. The maximum atomic E-state index is 9.59. The zero-order chi connectivity index (χ0) is 20.4. The molecule has 8 heteroatoms. The Morgan fingerprint density at radius 3 is 2.55 bits per heavy atom. The zero-order valence-electron chi connectivity index (χ0n) is 15.9. The average Bonchev–Trinajstić information content (AvgIpc) is 2.74. The van der Waals surface area contributed by atoms with Gasteiger partial charge in [0.05, 0.1) is 27.3 Å². The van der Waals surface area contributed by atoms with E-state index in [1.54, 1.807) is 18.5 Å². The summed E-state index contributed by atoms with van der Waals surface area (Å²) in [5.74, 6) is 0.477. The molecule has 3 heterocycles. The van der Waals surface area contributed by atoms with Gasteiger partial charge >= 0.3 is 0 Å². The second-order valence-electron chi connectivity index (χ2n) is 7.21. The highest BCUT2D eigenvalue weighted by Gasteiger charge is 2.17. The summed E-state index contributed by atoms with van der Waals surface area (Å²) in [7, 11) is 2.11. The Labute approximate surface area is 179 Å². The largest absolute Gasteiger partial charge is 0.306 e. The van der Waals surface area contributed by atoms with Gasteiger partial charge in [-0.1, -0.05) is 47.5 Å². The number of likely N-dealkylation sites (tertiary alicyclic amines) is 1. The van der Waals surface area contributed by atoms with Crippen molar-refractivity contribution >= 4 is 39.9 Å². The smallest absolute Gasteiger partial charge is 0.152 e. The number of hydrogen-bond acceptors (Lipinski definition) is 5. The fraction of sp³-hybridized carbons (Fsp3) is 0.286. The van der Waals surface area contributed by atoms with Crippen LogP contribution in [0.25, 0.3) is 22.2 Å². The fourth-order valence-corrected chi connectivity index (χ4v) is 3.93. The molecule has 29 heavy (non-hydrogen) atoms. The molecule has 0 radical (unpaired) electrons. The molecule has 0 amide bonds. The molecule has 4 rings (SSSR count). The summed E-state index contributed by atoms with van der Waals surface area (Å²) in [6.45, 7) is 2.02. The van der Waals surface area contributed by atoms with Crippen molar-refractivity contribution in [3.8, 4) is 11.3 Å². The number of nitrogens with one attached hydrogen (secondary N) is 1. The van der Waals surface area contributed by atoms with Crippen molar-refractivity contribution in [3.05, 3.63) is 58.3 Å². The molecule has 2 aromatic heterocycles. The molecule has 3 aromatic rings. The van der Waals surface area contributed by atoms with E-state index in [4.69, 9.17) is 28.2 Å². The molecule has 6 nitrogen and oxygen atoms in total. The van der Waals surface area contributed by atoms with Crippen molar-refractivity contribution in [2.75, 3.05) is 20.1 Å². The van der Waals surface area contributed by atoms with Gasteiger partial charge in [0, 0.05) is 28.9 Å². The van der Waals surface area contributed by atoms with E-state index >= 15 is 0 Å². The van der Waals surface area contributed by atoms with Crippen molar-refractivity contribution in [3.63, 3.8) is 0 Å². The van der Waals surface area contributed by atoms with Crippen molar-refractivity contribution in [2.45, 2.75) is 18.9 Å². The van der Waals surface area contributed by atoms with Crippen molar-refractivity contribution in [1.29, 1.82) is 0 Å². The standard InChI is InChI=1S/C21H21Cl2N5O/c1-28-8-6-15(7-9-28)25-21(27-29)14-4-2-13(3-5-14)19-10-17(22)16-11-24-12-18(23)20(16)26-19/h2-5,10-12,15,29H,6-9H2,1H3,(H,25,27). The first-order valence-corrected chi connectivity index (χ1v) is 10.2. The van der Waals surface area contributed by atoms with Crippen molar-refractivity contribution in [1.82, 2.24) is 20.3 Å². The normalized spacial score (nSPS) is 16.3. The molecule has 1 saturated heterocycles. The van der Waals surface area contributed by atoms with Crippen LogP contribution in [0, 0.1) is 0 Å². The van der Waals surface area contributed by atoms with Crippen LogP contribution in [0.3, 0.4) is 0 Å². The Kier molecular flexibility index (Phi) is 5.96. The highest BCUT2D eigenvalue weighted by Crippen LogP contribution is 2.31. The van der Waals surface area contributed by atoms with Gasteiger partial charge in [0.15, 0.2) is 5.84 Å². The Hall–Kier alpha value is -2.25. The summed E-state index contributed by atoms with van der Waals surface area (Å²) < 4.78 is 0. The number of piperidine rings is 1. The number of amidine groups is 1. The van der Waals surface area contributed by atoms with Crippen LogP contribution in [0.15, 0.2) is 47.7 Å². The van der Waals surface area contributed by atoms with E-state index in [1.807, 2.05) is 24.3 Å². The molecule has 1 fully saturated rings. The number of hydrogen-bond donors (Lipinski definition) is 2. The van der Waals surface area contributed by atoms with E-state index < -0.39 is 0 Å². The Balaban J connectivity index is 1.62. The molecular weight excluding hydrogens is 409 g/mol. The second-order valence-corrected chi connectivity index (χ2v) is 8.02. The van der Waals surface area contributed by atoms with E-state index in [-0.39, 0.29) is 6.04 Å². The molecule has 2 N–H and O–H groups in total. The third-order valence-corrected chi connectivity index (χ3v) is 5.77. The first kappa shape index (κ1) is 20.0. The molecule has 1 aromatic carbocycles. The van der Waals surface area contributed by atoms with Gasteiger partial charge in [-0.15, -0.1) is 0 Å². The van der Waals surface area contributed by atoms with E-state index in [0.29, 0.717) is 27.1 Å². The van der Waals surface area contributed by atoms with Crippen LogP contribution >= 0.6 is 23.2 Å². The van der Waals surface area contributed by atoms with Crippen LogP contribution in [0.5, 0.6) is 0 Å². The topological polar surface area (TPSA) is 73.6 Å². The van der Waals surface area contributed by atoms with Gasteiger partial charge in [-0.3, -0.25) is 20.7 Å². The van der Waals surface area contributed by atoms with Gasteiger partial charge in [0.25, 0.3) is 0 Å². The molecule has 0 atom stereocenters. The van der Waals surface area contributed by atoms with E-state index in [0.717, 1.165) is 42.4 Å². The van der Waals surface area contributed by atoms with E-state index in [2.05, 4.69) is 27.4 Å². The van der Waals surface area contributed by atoms with E-state index in [9.17, 15) is 5.21 Å². The number of hydroxylamine groups is 1. The van der Waals surface area contributed by atoms with Crippen LogP contribution in [-0.2, 0) is 0 Å². The Morgan fingerprint density at radius 2 is 1.86 bits per heavy atom. The van der Waals surface area contributed by atoms with Gasteiger partial charge in [-0.25, -0.2) is 4.98 Å². The fourth-order valence-electron chi connectivity index (χ4n) is 3.49. The number of benzene rings is 1. The van der Waals surface area contributed by atoms with Crippen molar-refractivity contribution < 1.29 is 5.21 Å². The van der Waals surface area contributed by atoms with Crippen LogP contribution in [0.1, 0.15) is 18.4 Å². The lowest BCUT2D eigenvalue weighted by Gasteiger charge is -2.27. The predicted molar refractivity (Wildman–Crippen MR) is 117 cm³/mol.